The number of rotatable bonds is 10. The third-order valence-electron chi connectivity index (χ3n) is 8.15. The van der Waals surface area contributed by atoms with Gasteiger partial charge in [-0.25, -0.2) is 8.42 Å². The smallest absolute Gasteiger partial charge is 0.248 e. The Morgan fingerprint density at radius 2 is 1.49 bits per heavy atom. The molecule has 0 spiro atoms. The quantitative estimate of drug-likeness (QED) is 0.460. The maximum Gasteiger partial charge on any atom is 0.248 e. The zero-order valence-electron chi connectivity index (χ0n) is 23.1. The largest absolute Gasteiger partial charge is 0.370 e. The molecule has 0 N–H and O–H groups in total. The molecular weight excluding hydrogens is 488 g/mol. The third-order valence-corrected chi connectivity index (χ3v) is 10.4. The van der Waals surface area contributed by atoms with Gasteiger partial charge in [0.2, 0.25) is 15.9 Å². The summed E-state index contributed by atoms with van der Waals surface area (Å²) in [5.41, 5.74) is 2.63. The van der Waals surface area contributed by atoms with Gasteiger partial charge >= 0.3 is 0 Å². The molecule has 4 rings (SSSR count). The SMILES string of the molecule is Cc1cc(C)c(S(=O)(=O)N2CCC[C@H]2COCC(=O)N2CCN(CCCN3CCCCC3)CC2)c(C)c1. The number of amides is 1. The van der Waals surface area contributed by atoms with Crippen molar-refractivity contribution in [2.24, 2.45) is 0 Å². The van der Waals surface area contributed by atoms with Crippen LogP contribution in [0.4, 0.5) is 0 Å². The average Bonchev–Trinajstić information content (AvgIpc) is 3.34. The lowest BCUT2D eigenvalue weighted by molar-refractivity contribution is -0.138. The van der Waals surface area contributed by atoms with E-state index in [4.69, 9.17) is 4.74 Å². The minimum atomic E-state index is -3.61. The van der Waals surface area contributed by atoms with E-state index in [9.17, 15) is 13.2 Å². The molecule has 208 valence electrons. The summed E-state index contributed by atoms with van der Waals surface area (Å²) in [5, 5.41) is 0. The van der Waals surface area contributed by atoms with Crippen molar-refractivity contribution in [2.45, 2.75) is 70.2 Å². The second kappa shape index (κ2) is 13.0. The zero-order chi connectivity index (χ0) is 26.4. The van der Waals surface area contributed by atoms with Crippen LogP contribution in [-0.4, -0.2) is 111 Å². The van der Waals surface area contributed by atoms with Crippen molar-refractivity contribution in [2.75, 3.05) is 72.1 Å². The minimum Gasteiger partial charge on any atom is -0.370 e. The Morgan fingerprint density at radius 3 is 2.14 bits per heavy atom. The molecule has 0 radical (unpaired) electrons. The normalized spacial score (nSPS) is 22.6. The van der Waals surface area contributed by atoms with Gasteiger partial charge in [0.25, 0.3) is 0 Å². The van der Waals surface area contributed by atoms with Crippen molar-refractivity contribution in [1.82, 2.24) is 19.0 Å². The van der Waals surface area contributed by atoms with E-state index in [-0.39, 0.29) is 25.2 Å². The van der Waals surface area contributed by atoms with Crippen LogP contribution >= 0.6 is 0 Å². The number of piperazine rings is 1. The van der Waals surface area contributed by atoms with E-state index in [1.165, 1.54) is 45.3 Å². The van der Waals surface area contributed by atoms with E-state index in [2.05, 4.69) is 9.80 Å². The van der Waals surface area contributed by atoms with Crippen LogP contribution in [0.1, 0.15) is 55.2 Å². The third kappa shape index (κ3) is 7.32. The lowest BCUT2D eigenvalue weighted by Gasteiger charge is -2.35. The average molecular weight is 535 g/mol. The molecule has 3 aliphatic heterocycles. The number of ether oxygens (including phenoxy) is 1. The molecule has 0 unspecified atom stereocenters. The maximum atomic E-state index is 13.5. The van der Waals surface area contributed by atoms with Crippen LogP contribution in [0.15, 0.2) is 17.0 Å². The molecule has 3 heterocycles. The lowest BCUT2D eigenvalue weighted by atomic mass is 10.1. The van der Waals surface area contributed by atoms with Gasteiger partial charge < -0.3 is 14.5 Å². The first-order chi connectivity index (χ1) is 17.8. The van der Waals surface area contributed by atoms with Crippen LogP contribution in [0, 0.1) is 20.8 Å². The highest BCUT2D eigenvalue weighted by atomic mass is 32.2. The molecule has 9 heteroatoms. The first-order valence-electron chi connectivity index (χ1n) is 14.2. The molecule has 8 nitrogen and oxygen atoms in total. The molecule has 1 atom stereocenters. The monoisotopic (exact) mass is 534 g/mol. The van der Waals surface area contributed by atoms with Crippen LogP contribution in [0.25, 0.3) is 0 Å². The topological polar surface area (TPSA) is 73.4 Å². The van der Waals surface area contributed by atoms with Crippen LogP contribution in [0.5, 0.6) is 0 Å². The van der Waals surface area contributed by atoms with Gasteiger partial charge in [0.15, 0.2) is 0 Å². The molecule has 1 amide bonds. The van der Waals surface area contributed by atoms with Crippen LogP contribution in [-0.2, 0) is 19.6 Å². The summed E-state index contributed by atoms with van der Waals surface area (Å²) >= 11 is 0. The first kappa shape index (κ1) is 28.5. The van der Waals surface area contributed by atoms with Crippen LogP contribution in [0.2, 0.25) is 0 Å². The van der Waals surface area contributed by atoms with Gasteiger partial charge in [0, 0.05) is 38.8 Å². The summed E-state index contributed by atoms with van der Waals surface area (Å²) < 4.78 is 34.5. The van der Waals surface area contributed by atoms with E-state index in [1.807, 2.05) is 37.8 Å². The summed E-state index contributed by atoms with van der Waals surface area (Å²) in [6.45, 7) is 14.6. The molecule has 3 aliphatic rings. The van der Waals surface area contributed by atoms with Crippen molar-refractivity contribution in [3.63, 3.8) is 0 Å². The van der Waals surface area contributed by atoms with Gasteiger partial charge in [-0.15, -0.1) is 0 Å². The maximum absolute atomic E-state index is 13.5. The van der Waals surface area contributed by atoms with E-state index < -0.39 is 10.0 Å². The number of nitrogens with zero attached hydrogens (tertiary/aromatic N) is 4. The van der Waals surface area contributed by atoms with Gasteiger partial charge in [-0.2, -0.15) is 4.31 Å². The fourth-order valence-electron chi connectivity index (χ4n) is 6.28. The Hall–Kier alpha value is -1.52. The summed E-state index contributed by atoms with van der Waals surface area (Å²) in [6.07, 6.45) is 6.81. The summed E-state index contributed by atoms with van der Waals surface area (Å²) in [5.74, 6) is 0.00518. The number of piperidine rings is 1. The molecule has 3 saturated heterocycles. The zero-order valence-corrected chi connectivity index (χ0v) is 23.9. The number of benzene rings is 1. The second-order valence-corrected chi connectivity index (χ2v) is 13.0. The summed E-state index contributed by atoms with van der Waals surface area (Å²) in [7, 11) is -3.61. The number of carbonyl (C=O) groups is 1. The number of aryl methyl sites for hydroxylation is 3. The van der Waals surface area contributed by atoms with Gasteiger partial charge in [0.05, 0.1) is 11.5 Å². The number of sulfonamides is 1. The highest BCUT2D eigenvalue weighted by Gasteiger charge is 2.37. The van der Waals surface area contributed by atoms with Gasteiger partial charge in [0.1, 0.15) is 6.61 Å². The van der Waals surface area contributed by atoms with E-state index in [1.54, 1.807) is 4.31 Å². The van der Waals surface area contributed by atoms with E-state index >= 15 is 0 Å². The van der Waals surface area contributed by atoms with Gasteiger partial charge in [-0.05, 0) is 90.2 Å². The molecule has 37 heavy (non-hydrogen) atoms. The predicted molar refractivity (Wildman–Crippen MR) is 146 cm³/mol. The molecule has 0 saturated carbocycles. The molecule has 0 aromatic heterocycles. The van der Waals surface area contributed by atoms with Crippen molar-refractivity contribution < 1.29 is 17.9 Å². The fourth-order valence-corrected chi connectivity index (χ4v) is 8.37. The minimum absolute atomic E-state index is 0.00518. The molecule has 1 aromatic rings. The highest BCUT2D eigenvalue weighted by molar-refractivity contribution is 7.89. The van der Waals surface area contributed by atoms with Gasteiger partial charge in [-0.3, -0.25) is 9.69 Å². The molecule has 3 fully saturated rings. The van der Waals surface area contributed by atoms with Crippen LogP contribution in [0.3, 0.4) is 0 Å². The predicted octanol–water partition coefficient (Wildman–Crippen LogP) is 2.80. The molecular formula is C28H46N4O4S. The number of hydrogen-bond acceptors (Lipinski definition) is 6. The Kier molecular flexibility index (Phi) is 10.0. The van der Waals surface area contributed by atoms with Crippen molar-refractivity contribution >= 4 is 15.9 Å². The summed E-state index contributed by atoms with van der Waals surface area (Å²) in [6, 6.07) is 3.62. The Balaban J connectivity index is 1.19. The standard InChI is InChI=1S/C28H46N4O4S/c1-23-19-24(2)28(25(3)20-23)37(34,35)32-14-7-9-26(32)21-36-22-27(33)31-17-15-30(16-18-31)13-8-12-29-10-5-4-6-11-29/h19-20,26H,4-18,21-22H2,1-3H3/t26-/m0/s1. The highest BCUT2D eigenvalue weighted by Crippen LogP contribution is 2.30. The number of carbonyl (C=O) groups excluding carboxylic acids is 1. The summed E-state index contributed by atoms with van der Waals surface area (Å²) in [4.78, 5) is 20.1. The molecule has 1 aromatic carbocycles. The molecule has 0 aliphatic carbocycles. The Morgan fingerprint density at radius 1 is 0.865 bits per heavy atom. The van der Waals surface area contributed by atoms with Crippen LogP contribution < -0.4 is 0 Å². The van der Waals surface area contributed by atoms with Crippen molar-refractivity contribution in [3.8, 4) is 0 Å². The number of hydrogen-bond donors (Lipinski definition) is 0. The fraction of sp³-hybridized carbons (Fsp3) is 0.750. The van der Waals surface area contributed by atoms with E-state index in [0.29, 0.717) is 11.4 Å². The Bertz CT molecular complexity index is 994. The van der Waals surface area contributed by atoms with Crippen molar-refractivity contribution in [1.29, 1.82) is 0 Å². The first-order valence-corrected chi connectivity index (χ1v) is 15.6. The number of likely N-dealkylation sites (tertiary alicyclic amines) is 1. The van der Waals surface area contributed by atoms with Crippen molar-refractivity contribution in [3.05, 3.63) is 28.8 Å². The van der Waals surface area contributed by atoms with Gasteiger partial charge in [-0.1, -0.05) is 24.1 Å². The molecule has 0 bridgehead atoms. The Labute approximate surface area is 224 Å². The second-order valence-electron chi connectivity index (χ2n) is 11.1. The lowest BCUT2D eigenvalue weighted by Crippen LogP contribution is -2.50. The van der Waals surface area contributed by atoms with E-state index in [0.717, 1.165) is 62.3 Å².